The molecule has 0 unspecified atom stereocenters. The quantitative estimate of drug-likeness (QED) is 0.236. The number of aliphatic hydroxyl groups is 2. The van der Waals surface area contributed by atoms with Gasteiger partial charge in [0.1, 0.15) is 25.1 Å². The van der Waals surface area contributed by atoms with Crippen LogP contribution in [0.4, 0.5) is 0 Å². The molecule has 1 fully saturated rings. The van der Waals surface area contributed by atoms with Crippen molar-refractivity contribution in [2.24, 2.45) is 0 Å². The average Bonchev–Trinajstić information content (AvgIpc) is 3.43. The molecule has 0 heterocycles. The number of rotatable bonds is 12. The van der Waals surface area contributed by atoms with Crippen molar-refractivity contribution in [3.8, 4) is 11.5 Å². The predicted octanol–water partition coefficient (Wildman–Crippen LogP) is 1.84. The van der Waals surface area contributed by atoms with Crippen molar-refractivity contribution >= 4 is 40.7 Å². The van der Waals surface area contributed by atoms with E-state index in [0.717, 1.165) is 25.7 Å². The van der Waals surface area contributed by atoms with E-state index in [9.17, 15) is 19.5 Å². The molecule has 0 aliphatic heterocycles. The first-order chi connectivity index (χ1) is 17.8. The van der Waals surface area contributed by atoms with E-state index in [1.165, 1.54) is 13.2 Å². The van der Waals surface area contributed by atoms with Gasteiger partial charge in [0.2, 0.25) is 11.8 Å². The lowest BCUT2D eigenvalue weighted by Gasteiger charge is -2.43. The summed E-state index contributed by atoms with van der Waals surface area (Å²) in [4.78, 5) is 39.3. The Morgan fingerprint density at radius 3 is 2.62 bits per heavy atom. The molecule has 2 aliphatic carbocycles. The van der Waals surface area contributed by atoms with Crippen LogP contribution in [0.2, 0.25) is 0 Å². The lowest BCUT2D eigenvalue weighted by molar-refractivity contribution is -0.146. The van der Waals surface area contributed by atoms with Crippen LogP contribution in [0.5, 0.6) is 11.5 Å². The second-order valence-electron chi connectivity index (χ2n) is 9.04. The molecule has 3 atom stereocenters. The maximum atomic E-state index is 13.3. The minimum atomic E-state index is -1.15. The normalized spacial score (nSPS) is 21.8. The van der Waals surface area contributed by atoms with Crippen molar-refractivity contribution < 1.29 is 38.8 Å². The number of methoxy groups -OCH3 is 1. The molecule has 3 rings (SSSR count). The van der Waals surface area contributed by atoms with Gasteiger partial charge in [-0.25, -0.2) is 0 Å². The van der Waals surface area contributed by atoms with E-state index in [1.807, 2.05) is 29.5 Å². The van der Waals surface area contributed by atoms with Gasteiger partial charge in [0.15, 0.2) is 11.5 Å². The zero-order valence-electron chi connectivity index (χ0n) is 21.2. The summed E-state index contributed by atoms with van der Waals surface area (Å²) in [7, 11) is 1.45. The number of carbonyl (C=O) groups is 3. The number of aliphatic hydroxyl groups excluding tert-OH is 2. The number of hydrogen-bond donors (Lipinski definition) is 3. The summed E-state index contributed by atoms with van der Waals surface area (Å²) < 4.78 is 17.7. The number of ether oxygens (including phenoxy) is 3. The molecule has 1 saturated carbocycles. The monoisotopic (exact) mass is 630 g/mol. The first kappa shape index (κ1) is 29.3. The molecule has 0 saturated heterocycles. The Hall–Kier alpha value is -2.22. The van der Waals surface area contributed by atoms with Gasteiger partial charge in [-0.15, -0.1) is 0 Å². The molecule has 1 aromatic carbocycles. The van der Waals surface area contributed by atoms with Gasteiger partial charge < -0.3 is 34.6 Å². The Morgan fingerprint density at radius 1 is 1.27 bits per heavy atom. The summed E-state index contributed by atoms with van der Waals surface area (Å²) >= 11 is 2.02. The number of amides is 2. The summed E-state index contributed by atoms with van der Waals surface area (Å²) in [5.41, 5.74) is 0.753. The molecule has 0 spiro atoms. The highest BCUT2D eigenvalue weighted by Gasteiger charge is 2.43. The lowest BCUT2D eigenvalue weighted by atomic mass is 9.87. The summed E-state index contributed by atoms with van der Waals surface area (Å²) in [5, 5.41) is 23.4. The Labute approximate surface area is 230 Å². The molecule has 3 N–H and O–H groups in total. The highest BCUT2D eigenvalue weighted by molar-refractivity contribution is 14.1. The molecule has 2 amide bonds. The number of halogens is 1. The van der Waals surface area contributed by atoms with Crippen LogP contribution in [0.15, 0.2) is 23.8 Å². The van der Waals surface area contributed by atoms with Crippen LogP contribution < -0.4 is 14.8 Å². The highest BCUT2D eigenvalue weighted by atomic mass is 127. The Morgan fingerprint density at radius 2 is 2.00 bits per heavy atom. The fourth-order valence-corrected chi connectivity index (χ4v) is 5.66. The van der Waals surface area contributed by atoms with Gasteiger partial charge in [0, 0.05) is 36.8 Å². The molecule has 37 heavy (non-hydrogen) atoms. The van der Waals surface area contributed by atoms with Crippen LogP contribution in [0.3, 0.4) is 0 Å². The van der Waals surface area contributed by atoms with Crippen LogP contribution in [-0.4, -0.2) is 91.0 Å². The molecule has 0 bridgehead atoms. The summed E-state index contributed by atoms with van der Waals surface area (Å²) in [6, 6.07) is 2.37. The molecular formula is C26H35IN2O8. The first-order valence-corrected chi connectivity index (χ1v) is 13.6. The molecule has 2 aliphatic rings. The Bertz CT molecular complexity index is 995. The molecule has 0 radical (unpaired) electrons. The second-order valence-corrected chi connectivity index (χ2v) is 10.2. The van der Waals surface area contributed by atoms with Gasteiger partial charge in [-0.05, 0) is 60.6 Å². The second kappa shape index (κ2) is 14.1. The van der Waals surface area contributed by atoms with E-state index in [4.69, 9.17) is 19.3 Å². The van der Waals surface area contributed by atoms with Gasteiger partial charge in [0.25, 0.3) is 0 Å². The van der Waals surface area contributed by atoms with Gasteiger partial charge in [-0.1, -0.05) is 12.8 Å². The summed E-state index contributed by atoms with van der Waals surface area (Å²) in [6.07, 6.45) is 3.82. The standard InChI is InChI=1S/C26H35IN2O8/c1-3-36-15-23(32)29(18-6-4-5-7-18)20-12-17(26(34)28-8-9-30)13-21(24(20)33)37-25-19(27)10-16(14-31)11-22(25)35-2/h10-11,13-14,18,20-21,24,30,33H,3-9,12,15H2,1-2H3,(H,28,34)/t20-,21+,24+/m1/s1. The van der Waals surface area contributed by atoms with Gasteiger partial charge in [0.05, 0.1) is 23.3 Å². The number of nitrogens with one attached hydrogen (secondary N) is 1. The van der Waals surface area contributed by atoms with E-state index in [2.05, 4.69) is 5.32 Å². The Kier molecular flexibility index (Phi) is 11.2. The Balaban J connectivity index is 2.00. The zero-order chi connectivity index (χ0) is 26.9. The van der Waals surface area contributed by atoms with Crippen LogP contribution in [-0.2, 0) is 14.3 Å². The van der Waals surface area contributed by atoms with E-state index in [0.29, 0.717) is 39.1 Å². The SMILES string of the molecule is CCOCC(=O)N(C1CCCC1)[C@@H]1CC(C(=O)NCCO)=C[C@H](Oc2c(I)cc(C=O)cc2OC)[C@H]1O. The molecule has 204 valence electrons. The van der Waals surface area contributed by atoms with Crippen LogP contribution >= 0.6 is 22.6 Å². The fraction of sp³-hybridized carbons (Fsp3) is 0.577. The molecule has 0 aromatic heterocycles. The highest BCUT2D eigenvalue weighted by Crippen LogP contribution is 2.38. The summed E-state index contributed by atoms with van der Waals surface area (Å²) in [5.74, 6) is -0.0156. The largest absolute Gasteiger partial charge is 0.493 e. The topological polar surface area (TPSA) is 135 Å². The van der Waals surface area contributed by atoms with Crippen molar-refractivity contribution in [3.63, 3.8) is 0 Å². The van der Waals surface area contributed by atoms with Crippen molar-refractivity contribution in [1.29, 1.82) is 0 Å². The molecule has 10 nitrogen and oxygen atoms in total. The predicted molar refractivity (Wildman–Crippen MR) is 144 cm³/mol. The van der Waals surface area contributed by atoms with E-state index < -0.39 is 24.2 Å². The lowest BCUT2D eigenvalue weighted by Crippen LogP contribution is -2.58. The third-order valence-electron chi connectivity index (χ3n) is 6.65. The number of aldehydes is 1. The third kappa shape index (κ3) is 7.21. The van der Waals surface area contributed by atoms with Crippen molar-refractivity contribution in [2.45, 2.75) is 63.3 Å². The number of hydrogen-bond acceptors (Lipinski definition) is 8. The smallest absolute Gasteiger partial charge is 0.249 e. The van der Waals surface area contributed by atoms with Crippen LogP contribution in [0.25, 0.3) is 0 Å². The third-order valence-corrected chi connectivity index (χ3v) is 7.45. The van der Waals surface area contributed by atoms with Crippen molar-refractivity contribution in [2.75, 3.05) is 33.5 Å². The summed E-state index contributed by atoms with van der Waals surface area (Å²) in [6.45, 7) is 1.93. The number of nitrogens with zero attached hydrogens (tertiary/aromatic N) is 1. The number of benzene rings is 1. The number of carbonyl (C=O) groups excluding carboxylic acids is 3. The average molecular weight is 630 g/mol. The minimum absolute atomic E-state index is 0.0728. The molecule has 11 heteroatoms. The van der Waals surface area contributed by atoms with Gasteiger partial charge >= 0.3 is 0 Å². The van der Waals surface area contributed by atoms with Crippen LogP contribution in [0, 0.1) is 3.57 Å². The van der Waals surface area contributed by atoms with Crippen LogP contribution in [0.1, 0.15) is 49.4 Å². The van der Waals surface area contributed by atoms with E-state index >= 15 is 0 Å². The van der Waals surface area contributed by atoms with Gasteiger partial charge in [-0.2, -0.15) is 0 Å². The first-order valence-electron chi connectivity index (χ1n) is 12.5. The zero-order valence-corrected chi connectivity index (χ0v) is 23.3. The fourth-order valence-electron chi connectivity index (χ4n) is 4.91. The van der Waals surface area contributed by atoms with Gasteiger partial charge in [-0.3, -0.25) is 14.4 Å². The maximum absolute atomic E-state index is 13.3. The minimum Gasteiger partial charge on any atom is -0.493 e. The van der Waals surface area contributed by atoms with E-state index in [1.54, 1.807) is 17.0 Å². The van der Waals surface area contributed by atoms with Crippen molar-refractivity contribution in [3.05, 3.63) is 32.9 Å². The van der Waals surface area contributed by atoms with Crippen molar-refractivity contribution in [1.82, 2.24) is 10.2 Å². The molecule has 1 aromatic rings. The maximum Gasteiger partial charge on any atom is 0.249 e. The van der Waals surface area contributed by atoms with E-state index in [-0.39, 0.29) is 38.1 Å². The molecular weight excluding hydrogens is 595 g/mol.